The molecule has 0 unspecified atom stereocenters. The Morgan fingerprint density at radius 3 is 2.59 bits per heavy atom. The van der Waals surface area contributed by atoms with Crippen molar-refractivity contribution in [2.75, 3.05) is 23.4 Å². The number of nitrogens with zero attached hydrogens (tertiary/aromatic N) is 2. The van der Waals surface area contributed by atoms with Crippen molar-refractivity contribution in [3.63, 3.8) is 0 Å². The molecule has 2 aliphatic heterocycles. The third-order valence-corrected chi connectivity index (χ3v) is 6.91. The minimum Gasteiger partial charge on any atom is -0.477 e. The van der Waals surface area contributed by atoms with Crippen LogP contribution in [0.5, 0.6) is 0 Å². The topological polar surface area (TPSA) is 137 Å². The van der Waals surface area contributed by atoms with Gasteiger partial charge in [0.15, 0.2) is 5.17 Å². The van der Waals surface area contributed by atoms with Gasteiger partial charge in [-0.1, -0.05) is 27.7 Å². The number of carboxylic acid groups (broad SMARTS) is 1. The van der Waals surface area contributed by atoms with Gasteiger partial charge in [-0.2, -0.15) is 0 Å². The first-order valence-electron chi connectivity index (χ1n) is 9.93. The van der Waals surface area contributed by atoms with Gasteiger partial charge in [0.05, 0.1) is 5.75 Å². The summed E-state index contributed by atoms with van der Waals surface area (Å²) in [4.78, 5) is 53.9. The van der Waals surface area contributed by atoms with Crippen LogP contribution in [-0.4, -0.2) is 85.9 Å². The minimum atomic E-state index is -1.27. The van der Waals surface area contributed by atoms with Crippen LogP contribution in [0.15, 0.2) is 16.3 Å². The van der Waals surface area contributed by atoms with Crippen LogP contribution < -0.4 is 10.6 Å². The van der Waals surface area contributed by atoms with Gasteiger partial charge in [-0.25, -0.2) is 4.79 Å². The summed E-state index contributed by atoms with van der Waals surface area (Å²) >= 11 is 5.54. The molecule has 10 nitrogen and oxygen atoms in total. The van der Waals surface area contributed by atoms with Gasteiger partial charge in [0, 0.05) is 23.4 Å². The number of halogens is 1. The number of amidine groups is 1. The van der Waals surface area contributed by atoms with E-state index in [9.17, 15) is 24.3 Å². The molecular formula is C19H27BrN4O6S2. The summed E-state index contributed by atoms with van der Waals surface area (Å²) in [6.07, 6.45) is 0. The molecule has 0 spiro atoms. The number of amides is 2. The molecule has 0 aromatic carbocycles. The highest BCUT2D eigenvalue weighted by atomic mass is 79.9. The van der Waals surface area contributed by atoms with Crippen molar-refractivity contribution in [3.8, 4) is 0 Å². The van der Waals surface area contributed by atoms with Crippen molar-refractivity contribution in [2.45, 2.75) is 51.2 Å². The van der Waals surface area contributed by atoms with Gasteiger partial charge in [0.2, 0.25) is 5.91 Å². The van der Waals surface area contributed by atoms with Gasteiger partial charge < -0.3 is 20.5 Å². The van der Waals surface area contributed by atoms with E-state index in [2.05, 4.69) is 31.6 Å². The zero-order valence-corrected chi connectivity index (χ0v) is 21.4. The molecule has 3 N–H and O–H groups in total. The molecule has 13 heteroatoms. The fourth-order valence-corrected chi connectivity index (χ4v) is 5.39. The third-order valence-electron chi connectivity index (χ3n) is 4.21. The predicted molar refractivity (Wildman–Crippen MR) is 128 cm³/mol. The molecular weight excluding hydrogens is 524 g/mol. The second-order valence-corrected chi connectivity index (χ2v) is 10.3. The lowest BCUT2D eigenvalue weighted by molar-refractivity contribution is -0.150. The maximum atomic E-state index is 12.7. The number of nitrogens with one attached hydrogen (secondary N) is 2. The number of alkyl halides is 1. The molecule has 2 heterocycles. The second kappa shape index (κ2) is 11.9. The summed E-state index contributed by atoms with van der Waals surface area (Å²) in [7, 11) is 0. The summed E-state index contributed by atoms with van der Waals surface area (Å²) in [6, 6.07) is -0.582. The van der Waals surface area contributed by atoms with E-state index in [-0.39, 0.29) is 47.1 Å². The number of aliphatic imine (C=N–C) groups is 1. The second-order valence-electron chi connectivity index (χ2n) is 7.62. The standard InChI is InChI=1S/C19H27BrN4O6S2/c1-9(2)21-19(22-10(3)4)32-8-12(25)23-14-16(27)24-15(18(28)29)11(7-31-17(14)24)6-30-13(26)5-20/h9-10,14,17H,5-8H2,1-4H3,(H,21,22)(H,23,25)(H,28,29)/t14-,17-/m1/s1. The summed E-state index contributed by atoms with van der Waals surface area (Å²) in [5.74, 6) is -2.30. The Morgan fingerprint density at radius 2 is 2.03 bits per heavy atom. The van der Waals surface area contributed by atoms with Gasteiger partial charge in [-0.15, -0.1) is 11.8 Å². The molecule has 0 bridgehead atoms. The van der Waals surface area contributed by atoms with Gasteiger partial charge in [-0.3, -0.25) is 24.3 Å². The number of esters is 1. The van der Waals surface area contributed by atoms with Crippen LogP contribution >= 0.6 is 39.5 Å². The number of carbonyl (C=O) groups excluding carboxylic acids is 3. The molecule has 2 atom stereocenters. The fourth-order valence-electron chi connectivity index (χ4n) is 2.95. The van der Waals surface area contributed by atoms with E-state index in [0.717, 1.165) is 4.90 Å². The van der Waals surface area contributed by atoms with Crippen LogP contribution in [0.25, 0.3) is 0 Å². The van der Waals surface area contributed by atoms with Crippen LogP contribution in [0.2, 0.25) is 0 Å². The third kappa shape index (κ3) is 6.88. The normalized spacial score (nSPS) is 20.8. The van der Waals surface area contributed by atoms with Crippen LogP contribution in [0.4, 0.5) is 0 Å². The molecule has 178 valence electrons. The molecule has 0 aliphatic carbocycles. The lowest BCUT2D eigenvalue weighted by atomic mass is 10.0. The fraction of sp³-hybridized carbons (Fsp3) is 0.632. The number of hydrogen-bond donors (Lipinski definition) is 3. The smallest absolute Gasteiger partial charge is 0.352 e. The number of β-lactam (4-membered cyclic amide) rings is 1. The molecule has 1 fully saturated rings. The van der Waals surface area contributed by atoms with Gasteiger partial charge >= 0.3 is 11.9 Å². The number of ether oxygens (including phenoxy) is 1. The minimum absolute atomic E-state index is 0.0104. The van der Waals surface area contributed by atoms with Crippen molar-refractivity contribution < 1.29 is 29.0 Å². The average Bonchev–Trinajstić information content (AvgIpc) is 2.72. The number of fused-ring (bicyclic) bond motifs is 1. The first kappa shape index (κ1) is 26.5. The Hall–Kier alpha value is -1.73. The van der Waals surface area contributed by atoms with Crippen LogP contribution in [0, 0.1) is 0 Å². The summed E-state index contributed by atoms with van der Waals surface area (Å²) in [5.41, 5.74) is 0.157. The quantitative estimate of drug-likeness (QED) is 0.127. The van der Waals surface area contributed by atoms with E-state index < -0.39 is 29.3 Å². The maximum absolute atomic E-state index is 12.7. The zero-order chi connectivity index (χ0) is 24.0. The number of hydrogen-bond acceptors (Lipinski definition) is 8. The molecule has 0 aromatic rings. The highest BCUT2D eigenvalue weighted by Gasteiger charge is 2.54. The summed E-state index contributed by atoms with van der Waals surface area (Å²) < 4.78 is 5.01. The van der Waals surface area contributed by atoms with Crippen molar-refractivity contribution in [3.05, 3.63) is 11.3 Å². The van der Waals surface area contributed by atoms with E-state index in [1.165, 1.54) is 23.5 Å². The Kier molecular flexibility index (Phi) is 9.89. The lowest BCUT2D eigenvalue weighted by Gasteiger charge is -2.49. The average molecular weight is 551 g/mol. The molecule has 2 amide bonds. The van der Waals surface area contributed by atoms with Crippen LogP contribution in [0.3, 0.4) is 0 Å². The molecule has 0 radical (unpaired) electrons. The summed E-state index contributed by atoms with van der Waals surface area (Å²) in [5, 5.41) is 15.6. The number of rotatable bonds is 9. The zero-order valence-electron chi connectivity index (χ0n) is 18.2. The summed E-state index contributed by atoms with van der Waals surface area (Å²) in [6.45, 7) is 7.62. The van der Waals surface area contributed by atoms with E-state index in [0.29, 0.717) is 10.7 Å². The van der Waals surface area contributed by atoms with E-state index in [1.807, 2.05) is 27.7 Å². The Bertz CT molecular complexity index is 833. The van der Waals surface area contributed by atoms with Crippen molar-refractivity contribution in [2.24, 2.45) is 4.99 Å². The SMILES string of the molecule is CC(C)N=C(NC(C)C)SCC(=O)N[C@@H]1C(=O)N2C(C(=O)O)=C(COC(=O)CBr)CS[C@H]12. The molecule has 0 saturated carbocycles. The first-order valence-corrected chi connectivity index (χ1v) is 13.1. The number of carbonyl (C=O) groups is 4. The highest BCUT2D eigenvalue weighted by molar-refractivity contribution is 9.09. The lowest BCUT2D eigenvalue weighted by Crippen LogP contribution is -2.70. The van der Waals surface area contributed by atoms with Gasteiger partial charge in [0.1, 0.15) is 29.0 Å². The molecule has 2 aliphatic rings. The van der Waals surface area contributed by atoms with E-state index in [1.54, 1.807) is 0 Å². The Balaban J connectivity index is 2.00. The van der Waals surface area contributed by atoms with Crippen molar-refractivity contribution >= 4 is 68.4 Å². The molecule has 1 saturated heterocycles. The monoisotopic (exact) mass is 550 g/mol. The molecule has 2 rings (SSSR count). The van der Waals surface area contributed by atoms with Crippen LogP contribution in [0.1, 0.15) is 27.7 Å². The molecule has 32 heavy (non-hydrogen) atoms. The van der Waals surface area contributed by atoms with Gasteiger partial charge in [-0.05, 0) is 27.7 Å². The maximum Gasteiger partial charge on any atom is 0.352 e. The molecule has 0 aromatic heterocycles. The Labute approximate surface area is 203 Å². The van der Waals surface area contributed by atoms with Crippen molar-refractivity contribution in [1.29, 1.82) is 0 Å². The van der Waals surface area contributed by atoms with Gasteiger partial charge in [0.25, 0.3) is 5.91 Å². The predicted octanol–water partition coefficient (Wildman–Crippen LogP) is 1.16. The highest BCUT2D eigenvalue weighted by Crippen LogP contribution is 2.40. The first-order chi connectivity index (χ1) is 15.0. The Morgan fingerprint density at radius 1 is 1.34 bits per heavy atom. The number of thioether (sulfide) groups is 2. The van der Waals surface area contributed by atoms with Crippen molar-refractivity contribution in [1.82, 2.24) is 15.5 Å². The number of carboxylic acids is 1. The van der Waals surface area contributed by atoms with Crippen LogP contribution in [-0.2, 0) is 23.9 Å². The van der Waals surface area contributed by atoms with E-state index >= 15 is 0 Å². The van der Waals surface area contributed by atoms with E-state index in [4.69, 9.17) is 4.74 Å². The number of aliphatic carboxylic acids is 1. The largest absolute Gasteiger partial charge is 0.477 e.